The van der Waals surface area contributed by atoms with E-state index >= 15 is 0 Å². The average Bonchev–Trinajstić information content (AvgIpc) is 2.90. The van der Waals surface area contributed by atoms with Gasteiger partial charge in [-0.1, -0.05) is 13.8 Å². The first-order valence-corrected chi connectivity index (χ1v) is 7.53. The fraction of sp³-hybridized carbons (Fsp3) is 0.929. The Morgan fingerprint density at radius 3 is 2.78 bits per heavy atom. The zero-order valence-electron chi connectivity index (χ0n) is 12.1. The molecule has 1 saturated heterocycles. The minimum Gasteiger partial charge on any atom is -0.357 e. The molecule has 4 heteroatoms. The highest BCUT2D eigenvalue weighted by Gasteiger charge is 2.33. The molecule has 0 spiro atoms. The predicted octanol–water partition coefficient (Wildman–Crippen LogP) is 1.43. The van der Waals surface area contributed by atoms with E-state index in [-0.39, 0.29) is 0 Å². The maximum absolute atomic E-state index is 4.76. The minimum absolute atomic E-state index is 0.647. The van der Waals surface area contributed by atoms with Crippen LogP contribution >= 0.6 is 0 Å². The van der Waals surface area contributed by atoms with Gasteiger partial charge in [0.05, 0.1) is 6.54 Å². The highest BCUT2D eigenvalue weighted by atomic mass is 15.2. The van der Waals surface area contributed by atoms with Crippen molar-refractivity contribution in [1.82, 2.24) is 15.5 Å². The third kappa shape index (κ3) is 3.61. The Labute approximate surface area is 111 Å². The molecule has 2 N–H and O–H groups in total. The molecule has 104 valence electrons. The smallest absolute Gasteiger partial charge is 0.191 e. The van der Waals surface area contributed by atoms with Crippen LogP contribution in [0.4, 0.5) is 0 Å². The number of aliphatic imine (C=N–C) groups is 1. The lowest BCUT2D eigenvalue weighted by molar-refractivity contribution is 0.273. The zero-order chi connectivity index (χ0) is 13.0. The van der Waals surface area contributed by atoms with Crippen LogP contribution in [0.5, 0.6) is 0 Å². The Morgan fingerprint density at radius 2 is 2.17 bits per heavy atom. The number of likely N-dealkylation sites (N-methyl/N-ethyl adjacent to an activating group) is 1. The molecule has 0 aromatic heterocycles. The highest BCUT2D eigenvalue weighted by molar-refractivity contribution is 5.80. The van der Waals surface area contributed by atoms with Crippen LogP contribution in [0.3, 0.4) is 0 Å². The minimum atomic E-state index is 0.647. The Balaban J connectivity index is 1.82. The van der Waals surface area contributed by atoms with Crippen molar-refractivity contribution in [3.05, 3.63) is 0 Å². The van der Waals surface area contributed by atoms with Gasteiger partial charge in [-0.15, -0.1) is 0 Å². The molecule has 4 nitrogen and oxygen atoms in total. The standard InChI is InChI=1S/C14H28N4/c1-4-15-14(17-13-9-11(13)3)16-10-12-7-6-8-18(12)5-2/h11-13H,4-10H2,1-3H3,(H2,15,16,17). The molecular formula is C14H28N4. The van der Waals surface area contributed by atoms with E-state index < -0.39 is 0 Å². The number of likely N-dealkylation sites (tertiary alicyclic amines) is 1. The summed E-state index contributed by atoms with van der Waals surface area (Å²) in [6, 6.07) is 1.30. The summed E-state index contributed by atoms with van der Waals surface area (Å²) >= 11 is 0. The summed E-state index contributed by atoms with van der Waals surface area (Å²) in [6.07, 6.45) is 3.92. The van der Waals surface area contributed by atoms with Crippen molar-refractivity contribution in [3.63, 3.8) is 0 Å². The van der Waals surface area contributed by atoms with Crippen LogP contribution in [0, 0.1) is 5.92 Å². The summed E-state index contributed by atoms with van der Waals surface area (Å²) in [4.78, 5) is 7.31. The van der Waals surface area contributed by atoms with Gasteiger partial charge in [0.2, 0.25) is 0 Å². The van der Waals surface area contributed by atoms with Crippen LogP contribution in [-0.4, -0.2) is 49.1 Å². The van der Waals surface area contributed by atoms with Gasteiger partial charge in [0.15, 0.2) is 5.96 Å². The number of nitrogens with one attached hydrogen (secondary N) is 2. The fourth-order valence-electron chi connectivity index (χ4n) is 2.73. The average molecular weight is 252 g/mol. The molecule has 0 aromatic carbocycles. The van der Waals surface area contributed by atoms with Crippen molar-refractivity contribution in [1.29, 1.82) is 0 Å². The van der Waals surface area contributed by atoms with Gasteiger partial charge in [0.25, 0.3) is 0 Å². The van der Waals surface area contributed by atoms with Crippen LogP contribution in [0.1, 0.15) is 40.0 Å². The summed E-state index contributed by atoms with van der Waals surface area (Å²) < 4.78 is 0. The Bertz CT molecular complexity index is 290. The van der Waals surface area contributed by atoms with E-state index in [0.29, 0.717) is 12.1 Å². The molecule has 3 unspecified atom stereocenters. The monoisotopic (exact) mass is 252 g/mol. The Kier molecular flexibility index (Phi) is 4.87. The van der Waals surface area contributed by atoms with Gasteiger partial charge in [-0.25, -0.2) is 0 Å². The normalized spacial score (nSPS) is 32.6. The first-order valence-electron chi connectivity index (χ1n) is 7.53. The van der Waals surface area contributed by atoms with E-state index in [2.05, 4.69) is 36.3 Å². The number of guanidine groups is 1. The SMILES string of the molecule is CCNC(=NCC1CCCN1CC)NC1CC1C. The first-order chi connectivity index (χ1) is 8.74. The summed E-state index contributed by atoms with van der Waals surface area (Å²) in [7, 11) is 0. The van der Waals surface area contributed by atoms with Gasteiger partial charge in [0.1, 0.15) is 0 Å². The molecule has 2 aliphatic rings. The van der Waals surface area contributed by atoms with E-state index in [9.17, 15) is 0 Å². The van der Waals surface area contributed by atoms with E-state index in [0.717, 1.165) is 31.5 Å². The number of nitrogens with zero attached hydrogens (tertiary/aromatic N) is 2. The topological polar surface area (TPSA) is 39.7 Å². The molecule has 1 saturated carbocycles. The van der Waals surface area contributed by atoms with E-state index in [1.807, 2.05) is 0 Å². The molecule has 18 heavy (non-hydrogen) atoms. The maximum Gasteiger partial charge on any atom is 0.191 e. The molecule has 1 aliphatic carbocycles. The molecule has 0 aromatic rings. The molecule has 0 bridgehead atoms. The molecule has 1 heterocycles. The van der Waals surface area contributed by atoms with Crippen LogP contribution in [0.25, 0.3) is 0 Å². The summed E-state index contributed by atoms with van der Waals surface area (Å²) in [5.41, 5.74) is 0. The van der Waals surface area contributed by atoms with Crippen molar-refractivity contribution in [3.8, 4) is 0 Å². The third-order valence-electron chi connectivity index (χ3n) is 4.14. The van der Waals surface area contributed by atoms with E-state index in [4.69, 9.17) is 4.99 Å². The van der Waals surface area contributed by atoms with Gasteiger partial charge >= 0.3 is 0 Å². The summed E-state index contributed by atoms with van der Waals surface area (Å²) in [6.45, 7) is 10.9. The molecule has 2 rings (SSSR count). The van der Waals surface area contributed by atoms with Gasteiger partial charge in [-0.3, -0.25) is 9.89 Å². The van der Waals surface area contributed by atoms with Gasteiger partial charge < -0.3 is 10.6 Å². The number of hydrogen-bond acceptors (Lipinski definition) is 2. The van der Waals surface area contributed by atoms with Gasteiger partial charge in [0, 0.05) is 18.6 Å². The van der Waals surface area contributed by atoms with Crippen molar-refractivity contribution in [2.75, 3.05) is 26.2 Å². The first kappa shape index (κ1) is 13.7. The lowest BCUT2D eigenvalue weighted by Gasteiger charge is -2.21. The van der Waals surface area contributed by atoms with Crippen molar-refractivity contribution >= 4 is 5.96 Å². The van der Waals surface area contributed by atoms with E-state index in [1.54, 1.807) is 0 Å². The number of hydrogen-bond donors (Lipinski definition) is 2. The number of rotatable bonds is 5. The third-order valence-corrected chi connectivity index (χ3v) is 4.14. The lowest BCUT2D eigenvalue weighted by atomic mass is 10.2. The molecular weight excluding hydrogens is 224 g/mol. The van der Waals surface area contributed by atoms with Crippen LogP contribution in [0.2, 0.25) is 0 Å². The van der Waals surface area contributed by atoms with Crippen molar-refractivity contribution in [2.45, 2.75) is 52.1 Å². The van der Waals surface area contributed by atoms with Crippen LogP contribution < -0.4 is 10.6 Å². The van der Waals surface area contributed by atoms with Crippen molar-refractivity contribution < 1.29 is 0 Å². The van der Waals surface area contributed by atoms with Crippen LogP contribution in [-0.2, 0) is 0 Å². The quantitative estimate of drug-likeness (QED) is 0.574. The zero-order valence-corrected chi connectivity index (χ0v) is 12.1. The summed E-state index contributed by atoms with van der Waals surface area (Å²) in [5.74, 6) is 1.82. The lowest BCUT2D eigenvalue weighted by Crippen LogP contribution is -2.40. The Morgan fingerprint density at radius 1 is 1.39 bits per heavy atom. The second-order valence-electron chi connectivity index (χ2n) is 5.61. The molecule has 0 amide bonds. The second-order valence-corrected chi connectivity index (χ2v) is 5.61. The molecule has 3 atom stereocenters. The molecule has 0 radical (unpaired) electrons. The van der Waals surface area contributed by atoms with Gasteiger partial charge in [-0.05, 0) is 45.2 Å². The second kappa shape index (κ2) is 6.41. The highest BCUT2D eigenvalue weighted by Crippen LogP contribution is 2.28. The van der Waals surface area contributed by atoms with E-state index in [1.165, 1.54) is 25.8 Å². The predicted molar refractivity (Wildman–Crippen MR) is 77.0 cm³/mol. The Hall–Kier alpha value is -0.770. The molecule has 1 aliphatic heterocycles. The largest absolute Gasteiger partial charge is 0.357 e. The van der Waals surface area contributed by atoms with Crippen LogP contribution in [0.15, 0.2) is 4.99 Å². The van der Waals surface area contributed by atoms with Crippen molar-refractivity contribution in [2.24, 2.45) is 10.9 Å². The van der Waals surface area contributed by atoms with Gasteiger partial charge in [-0.2, -0.15) is 0 Å². The maximum atomic E-state index is 4.76. The molecule has 2 fully saturated rings. The fourth-order valence-corrected chi connectivity index (χ4v) is 2.73. The summed E-state index contributed by atoms with van der Waals surface area (Å²) in [5, 5.41) is 6.87.